The number of aromatic nitrogens is 3. The number of nitrogens with zero attached hydrogens (tertiary/aromatic N) is 4. The Bertz CT molecular complexity index is 669. The Balaban J connectivity index is 2.35. The van der Waals surface area contributed by atoms with Gasteiger partial charge in [-0.05, 0) is 37.0 Å². The van der Waals surface area contributed by atoms with E-state index in [0.29, 0.717) is 12.5 Å². The summed E-state index contributed by atoms with van der Waals surface area (Å²) in [6.45, 7) is 8.71. The molecule has 24 heavy (non-hydrogen) atoms. The third-order valence-electron chi connectivity index (χ3n) is 3.78. The van der Waals surface area contributed by atoms with E-state index < -0.39 is 0 Å². The average molecular weight is 347 g/mol. The van der Waals surface area contributed by atoms with E-state index in [2.05, 4.69) is 23.3 Å². The van der Waals surface area contributed by atoms with Crippen LogP contribution in [0.3, 0.4) is 0 Å². The molecule has 0 aliphatic carbocycles. The highest BCUT2D eigenvalue weighted by Crippen LogP contribution is 2.24. The Labute approximate surface area is 148 Å². The molecule has 0 aliphatic heterocycles. The molecular weight excluding hydrogens is 320 g/mol. The molecule has 0 N–H and O–H groups in total. The summed E-state index contributed by atoms with van der Waals surface area (Å²) in [5, 5.41) is 4.57. The molecular formula is C18H26N4OS. The van der Waals surface area contributed by atoms with E-state index in [-0.39, 0.29) is 11.8 Å². The number of carbonyl (C=O) groups excluding carboxylic acids is 1. The molecule has 1 amide bonds. The van der Waals surface area contributed by atoms with Gasteiger partial charge in [0.05, 0.1) is 29.5 Å². The second-order valence-corrected chi connectivity index (χ2v) is 7.33. The molecule has 0 spiro atoms. The fraction of sp³-hybridized carbons (Fsp3) is 0.500. The van der Waals surface area contributed by atoms with Gasteiger partial charge >= 0.3 is 0 Å². The van der Waals surface area contributed by atoms with Gasteiger partial charge < -0.3 is 4.90 Å². The van der Waals surface area contributed by atoms with Gasteiger partial charge in [-0.2, -0.15) is 16.9 Å². The van der Waals surface area contributed by atoms with Crippen molar-refractivity contribution >= 4 is 23.4 Å². The number of carbonyl (C=O) groups is 1. The first kappa shape index (κ1) is 18.5. The van der Waals surface area contributed by atoms with Crippen LogP contribution in [0, 0.1) is 18.8 Å². The summed E-state index contributed by atoms with van der Waals surface area (Å²) < 4.78 is 1.79. The molecule has 130 valence electrons. The number of pyridine rings is 1. The van der Waals surface area contributed by atoms with Crippen molar-refractivity contribution < 1.29 is 4.79 Å². The van der Waals surface area contributed by atoms with Gasteiger partial charge in [0.15, 0.2) is 0 Å². The predicted molar refractivity (Wildman–Crippen MR) is 101 cm³/mol. The lowest BCUT2D eigenvalue weighted by Crippen LogP contribution is -2.38. The van der Waals surface area contributed by atoms with E-state index in [4.69, 9.17) is 0 Å². The fourth-order valence-electron chi connectivity index (χ4n) is 2.61. The molecule has 0 fully saturated rings. The second kappa shape index (κ2) is 8.33. The minimum absolute atomic E-state index is 0.0485. The number of aryl methyl sites for hydroxylation is 1. The van der Waals surface area contributed by atoms with E-state index in [9.17, 15) is 4.79 Å². The van der Waals surface area contributed by atoms with Crippen LogP contribution < -0.4 is 4.90 Å². The molecule has 5 nitrogen and oxygen atoms in total. The third kappa shape index (κ3) is 4.38. The van der Waals surface area contributed by atoms with Crippen LogP contribution in [0.1, 0.15) is 26.5 Å². The summed E-state index contributed by atoms with van der Waals surface area (Å²) in [5.74, 6) is 1.53. The van der Waals surface area contributed by atoms with E-state index in [1.807, 2.05) is 44.0 Å². The first-order chi connectivity index (χ1) is 11.4. The summed E-state index contributed by atoms with van der Waals surface area (Å²) >= 11 is 1.81. The molecule has 0 aromatic carbocycles. The lowest BCUT2D eigenvalue weighted by Gasteiger charge is -2.26. The maximum atomic E-state index is 12.8. The van der Waals surface area contributed by atoms with Crippen molar-refractivity contribution in [3.8, 4) is 5.69 Å². The number of anilines is 1. The summed E-state index contributed by atoms with van der Waals surface area (Å²) in [6.07, 6.45) is 7.52. The topological polar surface area (TPSA) is 51.0 Å². The number of hydrogen-bond acceptors (Lipinski definition) is 4. The number of rotatable bonds is 7. The molecule has 2 heterocycles. The van der Waals surface area contributed by atoms with Crippen LogP contribution in [-0.2, 0) is 4.79 Å². The molecule has 1 unspecified atom stereocenters. The normalized spacial score (nSPS) is 12.4. The SMILES string of the molecule is CSCC(C)CN(C(=O)C(C)C)c1cn(-c2cccnc2)nc1C. The van der Waals surface area contributed by atoms with Crippen molar-refractivity contribution in [3.05, 3.63) is 36.4 Å². The molecule has 0 radical (unpaired) electrons. The highest BCUT2D eigenvalue weighted by molar-refractivity contribution is 7.98. The average Bonchev–Trinajstić information content (AvgIpc) is 2.94. The Morgan fingerprint density at radius 2 is 2.12 bits per heavy atom. The second-order valence-electron chi connectivity index (χ2n) is 6.42. The molecule has 2 rings (SSSR count). The van der Waals surface area contributed by atoms with Gasteiger partial charge in [-0.25, -0.2) is 4.68 Å². The molecule has 0 aliphatic rings. The summed E-state index contributed by atoms with van der Waals surface area (Å²) in [7, 11) is 0. The molecule has 0 bridgehead atoms. The maximum Gasteiger partial charge on any atom is 0.229 e. The van der Waals surface area contributed by atoms with E-state index in [1.54, 1.807) is 28.8 Å². The molecule has 0 saturated heterocycles. The summed E-state index contributed by atoms with van der Waals surface area (Å²) in [5.41, 5.74) is 2.62. The minimum Gasteiger partial charge on any atom is -0.309 e. The first-order valence-electron chi connectivity index (χ1n) is 8.21. The van der Waals surface area contributed by atoms with E-state index in [1.165, 1.54) is 0 Å². The third-order valence-corrected chi connectivity index (χ3v) is 4.68. The predicted octanol–water partition coefficient (Wildman–Crippen LogP) is 3.56. The van der Waals surface area contributed by atoms with Crippen molar-refractivity contribution in [2.75, 3.05) is 23.5 Å². The Hall–Kier alpha value is -1.82. The van der Waals surface area contributed by atoms with Crippen LogP contribution in [0.2, 0.25) is 0 Å². The number of hydrogen-bond donors (Lipinski definition) is 0. The maximum absolute atomic E-state index is 12.8. The van der Waals surface area contributed by atoms with Crippen molar-refractivity contribution in [1.29, 1.82) is 0 Å². The molecule has 6 heteroatoms. The largest absolute Gasteiger partial charge is 0.309 e. The summed E-state index contributed by atoms with van der Waals surface area (Å²) in [4.78, 5) is 18.8. The first-order valence-corrected chi connectivity index (χ1v) is 9.60. The monoisotopic (exact) mass is 346 g/mol. The summed E-state index contributed by atoms with van der Waals surface area (Å²) in [6, 6.07) is 3.83. The van der Waals surface area contributed by atoms with Gasteiger partial charge in [-0.3, -0.25) is 9.78 Å². The van der Waals surface area contributed by atoms with Crippen molar-refractivity contribution in [2.45, 2.75) is 27.7 Å². The number of amides is 1. The quantitative estimate of drug-likeness (QED) is 0.769. The molecule has 2 aromatic rings. The van der Waals surface area contributed by atoms with Crippen LogP contribution >= 0.6 is 11.8 Å². The van der Waals surface area contributed by atoms with E-state index in [0.717, 1.165) is 22.8 Å². The fourth-order valence-corrected chi connectivity index (χ4v) is 3.28. The van der Waals surface area contributed by atoms with Crippen LogP contribution in [-0.4, -0.2) is 39.2 Å². The molecule has 0 saturated carbocycles. The zero-order valence-electron chi connectivity index (χ0n) is 15.1. The van der Waals surface area contributed by atoms with Crippen LogP contribution in [0.25, 0.3) is 5.69 Å². The van der Waals surface area contributed by atoms with E-state index >= 15 is 0 Å². The Kier molecular flexibility index (Phi) is 6.43. The lowest BCUT2D eigenvalue weighted by molar-refractivity contribution is -0.121. The van der Waals surface area contributed by atoms with Crippen molar-refractivity contribution in [3.63, 3.8) is 0 Å². The highest BCUT2D eigenvalue weighted by atomic mass is 32.2. The van der Waals surface area contributed by atoms with Gasteiger partial charge in [0.2, 0.25) is 5.91 Å². The zero-order chi connectivity index (χ0) is 17.7. The zero-order valence-corrected chi connectivity index (χ0v) is 15.9. The highest BCUT2D eigenvalue weighted by Gasteiger charge is 2.24. The lowest BCUT2D eigenvalue weighted by atomic mass is 10.1. The van der Waals surface area contributed by atoms with Gasteiger partial charge in [-0.15, -0.1) is 0 Å². The standard InChI is InChI=1S/C18H26N4OS/c1-13(2)18(23)21(10-14(3)12-24-5)17-11-22(20-15(17)4)16-7-6-8-19-9-16/h6-9,11,13-14H,10,12H2,1-5H3. The van der Waals surface area contributed by atoms with Crippen molar-refractivity contribution in [1.82, 2.24) is 14.8 Å². The molecule has 2 aromatic heterocycles. The van der Waals surface area contributed by atoms with Crippen LogP contribution in [0.15, 0.2) is 30.7 Å². The van der Waals surface area contributed by atoms with Crippen LogP contribution in [0.5, 0.6) is 0 Å². The molecule has 1 atom stereocenters. The van der Waals surface area contributed by atoms with Crippen LogP contribution in [0.4, 0.5) is 5.69 Å². The number of thioether (sulfide) groups is 1. The van der Waals surface area contributed by atoms with Gasteiger partial charge in [0, 0.05) is 18.7 Å². The Morgan fingerprint density at radius 1 is 1.38 bits per heavy atom. The van der Waals surface area contributed by atoms with Gasteiger partial charge in [-0.1, -0.05) is 20.8 Å². The van der Waals surface area contributed by atoms with Crippen molar-refractivity contribution in [2.24, 2.45) is 11.8 Å². The van der Waals surface area contributed by atoms with Gasteiger partial charge in [0.1, 0.15) is 0 Å². The Morgan fingerprint density at radius 3 is 2.71 bits per heavy atom. The van der Waals surface area contributed by atoms with Gasteiger partial charge in [0.25, 0.3) is 0 Å². The smallest absolute Gasteiger partial charge is 0.229 e. The minimum atomic E-state index is -0.0485.